The summed E-state index contributed by atoms with van der Waals surface area (Å²) in [6.07, 6.45) is 1.63. The number of H-pyrrole nitrogens is 1. The van der Waals surface area contributed by atoms with Gasteiger partial charge in [-0.15, -0.1) is 0 Å². The van der Waals surface area contributed by atoms with Gasteiger partial charge in [-0.2, -0.15) is 0 Å². The average molecular weight is 525 g/mol. The molecule has 3 atom stereocenters. The first-order chi connectivity index (χ1) is 17.5. The van der Waals surface area contributed by atoms with E-state index in [1.165, 1.54) is 4.90 Å². The van der Waals surface area contributed by atoms with Gasteiger partial charge in [0, 0.05) is 36.1 Å². The van der Waals surface area contributed by atoms with E-state index in [2.05, 4.69) is 15.6 Å². The van der Waals surface area contributed by atoms with E-state index in [4.69, 9.17) is 16.3 Å². The molecule has 0 radical (unpaired) electrons. The molecule has 3 amide bonds. The average Bonchev–Trinajstić information content (AvgIpc) is 3.46. The predicted molar refractivity (Wildman–Crippen MR) is 143 cm³/mol. The highest BCUT2D eigenvalue weighted by Gasteiger charge is 2.42. The van der Waals surface area contributed by atoms with Crippen LogP contribution in [0.15, 0.2) is 54.7 Å². The first kappa shape index (κ1) is 26.5. The molecule has 1 saturated heterocycles. The number of nitrogens with zero attached hydrogens (tertiary/aromatic N) is 1. The van der Waals surface area contributed by atoms with Gasteiger partial charge >= 0.3 is 6.09 Å². The Labute approximate surface area is 221 Å². The number of hydrogen-bond acceptors (Lipinski definition) is 4. The fourth-order valence-electron chi connectivity index (χ4n) is 4.53. The predicted octanol–water partition coefficient (Wildman–Crippen LogP) is 4.74. The van der Waals surface area contributed by atoms with Crippen molar-refractivity contribution in [3.05, 3.63) is 70.9 Å². The van der Waals surface area contributed by atoms with Gasteiger partial charge in [0.05, 0.1) is 5.02 Å². The van der Waals surface area contributed by atoms with Crippen LogP contribution in [-0.2, 0) is 20.9 Å². The quantitative estimate of drug-likeness (QED) is 0.433. The Morgan fingerprint density at radius 1 is 1.16 bits per heavy atom. The van der Waals surface area contributed by atoms with Crippen molar-refractivity contribution in [3.8, 4) is 0 Å². The summed E-state index contributed by atoms with van der Waals surface area (Å²) in [4.78, 5) is 43.6. The van der Waals surface area contributed by atoms with Crippen LogP contribution in [0.3, 0.4) is 0 Å². The molecule has 2 heterocycles. The van der Waals surface area contributed by atoms with Crippen LogP contribution in [-0.4, -0.2) is 52.0 Å². The zero-order valence-corrected chi connectivity index (χ0v) is 22.3. The summed E-state index contributed by atoms with van der Waals surface area (Å²) in [5.41, 5.74) is 2.17. The number of hydrogen-bond donors (Lipinski definition) is 3. The number of carbonyl (C=O) groups is 3. The summed E-state index contributed by atoms with van der Waals surface area (Å²) in [7, 11) is 0. The number of likely N-dealkylation sites (tertiary alicyclic amines) is 1. The van der Waals surface area contributed by atoms with E-state index >= 15 is 0 Å². The molecule has 0 bridgehead atoms. The maximum absolute atomic E-state index is 13.3. The molecule has 8 nitrogen and oxygen atoms in total. The van der Waals surface area contributed by atoms with Crippen molar-refractivity contribution in [3.63, 3.8) is 0 Å². The normalized spacial score (nSPS) is 18.5. The molecule has 0 saturated carbocycles. The van der Waals surface area contributed by atoms with E-state index in [0.717, 1.165) is 22.0 Å². The highest BCUT2D eigenvalue weighted by Crippen LogP contribution is 2.33. The zero-order chi connectivity index (χ0) is 26.7. The summed E-state index contributed by atoms with van der Waals surface area (Å²) in [5, 5.41) is 7.14. The highest BCUT2D eigenvalue weighted by atomic mass is 35.5. The van der Waals surface area contributed by atoms with Gasteiger partial charge in [0.25, 0.3) is 0 Å². The van der Waals surface area contributed by atoms with Gasteiger partial charge < -0.3 is 20.4 Å². The monoisotopic (exact) mass is 524 g/mol. The van der Waals surface area contributed by atoms with Crippen molar-refractivity contribution in [1.29, 1.82) is 0 Å². The summed E-state index contributed by atoms with van der Waals surface area (Å²) >= 11 is 6.19. The minimum Gasteiger partial charge on any atom is -0.444 e. The molecule has 4 rings (SSSR count). The Hall–Kier alpha value is -3.52. The minimum absolute atomic E-state index is 0.0104. The SMILES string of the molecule is C[C@H](NC(=O)[C@H]1C[C@H](c2ccccc2)CN1C(=O)OC(C)(C)C)C(=O)NCc1ccc2[nH]cc(Cl)c2c1. The van der Waals surface area contributed by atoms with Crippen LogP contribution in [0.25, 0.3) is 10.9 Å². The molecule has 37 heavy (non-hydrogen) atoms. The zero-order valence-electron chi connectivity index (χ0n) is 21.5. The summed E-state index contributed by atoms with van der Waals surface area (Å²) < 4.78 is 5.58. The maximum atomic E-state index is 13.3. The third kappa shape index (κ3) is 6.43. The first-order valence-corrected chi connectivity index (χ1v) is 12.8. The third-order valence-electron chi connectivity index (χ3n) is 6.42. The number of amides is 3. The molecule has 9 heteroatoms. The molecule has 3 N–H and O–H groups in total. The lowest BCUT2D eigenvalue weighted by molar-refractivity contribution is -0.131. The van der Waals surface area contributed by atoms with E-state index in [1.807, 2.05) is 48.5 Å². The van der Waals surface area contributed by atoms with E-state index in [0.29, 0.717) is 24.5 Å². The lowest BCUT2D eigenvalue weighted by Gasteiger charge is -2.28. The van der Waals surface area contributed by atoms with Crippen molar-refractivity contribution in [2.45, 2.75) is 64.3 Å². The number of fused-ring (bicyclic) bond motifs is 1. The highest BCUT2D eigenvalue weighted by molar-refractivity contribution is 6.35. The van der Waals surface area contributed by atoms with Crippen LogP contribution in [0.4, 0.5) is 4.79 Å². The van der Waals surface area contributed by atoms with Crippen LogP contribution in [0.1, 0.15) is 51.2 Å². The van der Waals surface area contributed by atoms with Crippen molar-refractivity contribution in [1.82, 2.24) is 20.5 Å². The largest absolute Gasteiger partial charge is 0.444 e. The minimum atomic E-state index is -0.789. The third-order valence-corrected chi connectivity index (χ3v) is 6.73. The van der Waals surface area contributed by atoms with Crippen molar-refractivity contribution in [2.75, 3.05) is 6.54 Å². The number of halogens is 1. The van der Waals surface area contributed by atoms with Crippen LogP contribution in [0.5, 0.6) is 0 Å². The molecule has 1 aliphatic heterocycles. The number of aromatic amines is 1. The maximum Gasteiger partial charge on any atom is 0.410 e. The molecule has 196 valence electrons. The summed E-state index contributed by atoms with van der Waals surface area (Å²) in [5.74, 6) is -0.716. The fraction of sp³-hybridized carbons (Fsp3) is 0.393. The second-order valence-corrected chi connectivity index (χ2v) is 10.9. The number of aromatic nitrogens is 1. The molecule has 1 aliphatic rings. The van der Waals surface area contributed by atoms with Gasteiger partial charge in [-0.05, 0) is 57.4 Å². The Morgan fingerprint density at radius 2 is 1.89 bits per heavy atom. The topological polar surface area (TPSA) is 104 Å². The summed E-state index contributed by atoms with van der Waals surface area (Å²) in [6, 6.07) is 14.0. The fourth-order valence-corrected chi connectivity index (χ4v) is 4.75. The molecule has 2 aromatic carbocycles. The van der Waals surface area contributed by atoms with E-state index in [9.17, 15) is 14.4 Å². The van der Waals surface area contributed by atoms with E-state index in [-0.39, 0.29) is 17.7 Å². The number of nitrogens with one attached hydrogen (secondary N) is 3. The molecule has 0 aliphatic carbocycles. The van der Waals surface area contributed by atoms with E-state index < -0.39 is 23.8 Å². The van der Waals surface area contributed by atoms with Crippen LogP contribution in [0.2, 0.25) is 5.02 Å². The van der Waals surface area contributed by atoms with Gasteiger partial charge in [0.1, 0.15) is 17.7 Å². The second-order valence-electron chi connectivity index (χ2n) is 10.5. The van der Waals surface area contributed by atoms with Gasteiger partial charge in [-0.3, -0.25) is 14.5 Å². The first-order valence-electron chi connectivity index (χ1n) is 12.4. The smallest absolute Gasteiger partial charge is 0.410 e. The lowest BCUT2D eigenvalue weighted by atomic mass is 9.96. The molecule has 3 aromatic rings. The number of carbonyl (C=O) groups excluding carboxylic acids is 3. The molecule has 0 unspecified atom stereocenters. The standard InChI is InChI=1S/C28H33ClN4O4/c1-17(25(34)31-14-18-10-11-23-21(12-18)22(29)15-30-23)32-26(35)24-13-20(19-8-6-5-7-9-19)16-33(24)27(36)37-28(2,3)4/h5-12,15,17,20,24,30H,13-14,16H2,1-4H3,(H,31,34)(H,32,35)/t17-,20-,24+/m0/s1. The Bertz CT molecular complexity index is 1280. The van der Waals surface area contributed by atoms with Crippen LogP contribution in [0, 0.1) is 0 Å². The van der Waals surface area contributed by atoms with Gasteiger partial charge in [0.2, 0.25) is 11.8 Å². The number of ether oxygens (including phenoxy) is 1. The number of benzene rings is 2. The molecular weight excluding hydrogens is 492 g/mol. The molecule has 1 aromatic heterocycles. The van der Waals surface area contributed by atoms with Crippen LogP contribution < -0.4 is 10.6 Å². The van der Waals surface area contributed by atoms with Gasteiger partial charge in [-0.25, -0.2) is 4.79 Å². The van der Waals surface area contributed by atoms with Crippen molar-refractivity contribution >= 4 is 40.4 Å². The molecular formula is C28H33ClN4O4. The Kier molecular flexibility index (Phi) is 7.78. The summed E-state index contributed by atoms with van der Waals surface area (Å²) in [6.45, 7) is 7.65. The number of rotatable bonds is 6. The van der Waals surface area contributed by atoms with E-state index in [1.54, 1.807) is 33.9 Å². The van der Waals surface area contributed by atoms with Gasteiger partial charge in [-0.1, -0.05) is 48.0 Å². The molecule has 0 spiro atoms. The van der Waals surface area contributed by atoms with Gasteiger partial charge in [0.15, 0.2) is 0 Å². The Balaban J connectivity index is 1.40. The second kappa shape index (κ2) is 10.8. The lowest BCUT2D eigenvalue weighted by Crippen LogP contribution is -2.52. The van der Waals surface area contributed by atoms with Crippen LogP contribution >= 0.6 is 11.6 Å². The Morgan fingerprint density at radius 3 is 2.59 bits per heavy atom. The van der Waals surface area contributed by atoms with Crippen molar-refractivity contribution < 1.29 is 19.1 Å². The van der Waals surface area contributed by atoms with Crippen molar-refractivity contribution in [2.24, 2.45) is 0 Å². The molecule has 1 fully saturated rings.